The van der Waals surface area contributed by atoms with Crippen LogP contribution in [0.15, 0.2) is 30.3 Å². The van der Waals surface area contributed by atoms with E-state index in [0.29, 0.717) is 11.3 Å². The number of hydrogen-bond acceptors (Lipinski definition) is 4. The average molecular weight is 328 g/mol. The van der Waals surface area contributed by atoms with Crippen LogP contribution in [0.1, 0.15) is 36.8 Å². The summed E-state index contributed by atoms with van der Waals surface area (Å²) in [5.74, 6) is -0.309. The molecule has 0 saturated carbocycles. The lowest BCUT2D eigenvalue weighted by Gasteiger charge is -2.08. The summed E-state index contributed by atoms with van der Waals surface area (Å²) in [6, 6.07) is 6.30. The SMILES string of the molecule is Cc1nn(C(C)C)c(C)c1NC(=O)/C=C\c1cccc([N+](=O)[O-])c1. The summed E-state index contributed by atoms with van der Waals surface area (Å²) in [6.07, 6.45) is 2.89. The van der Waals surface area contributed by atoms with Gasteiger partial charge in [-0.05, 0) is 39.3 Å². The van der Waals surface area contributed by atoms with Crippen molar-refractivity contribution in [2.45, 2.75) is 33.7 Å². The number of aryl methyl sites for hydroxylation is 1. The van der Waals surface area contributed by atoms with Crippen LogP contribution >= 0.6 is 0 Å². The zero-order valence-corrected chi connectivity index (χ0v) is 14.1. The number of amides is 1. The first kappa shape index (κ1) is 17.4. The molecule has 1 amide bonds. The fraction of sp³-hybridized carbons (Fsp3) is 0.294. The average Bonchev–Trinajstić information content (AvgIpc) is 2.81. The van der Waals surface area contributed by atoms with Gasteiger partial charge in [0.1, 0.15) is 0 Å². The molecule has 7 nitrogen and oxygen atoms in total. The number of rotatable bonds is 5. The molecule has 1 heterocycles. The first-order valence-corrected chi connectivity index (χ1v) is 7.59. The largest absolute Gasteiger partial charge is 0.319 e. The van der Waals surface area contributed by atoms with Crippen LogP contribution in [0.2, 0.25) is 0 Å². The quantitative estimate of drug-likeness (QED) is 0.515. The summed E-state index contributed by atoms with van der Waals surface area (Å²) in [5.41, 5.74) is 2.91. The van der Waals surface area contributed by atoms with Crippen molar-refractivity contribution in [3.8, 4) is 0 Å². The second-order valence-electron chi connectivity index (χ2n) is 5.76. The Hall–Kier alpha value is -2.96. The Morgan fingerprint density at radius 3 is 2.67 bits per heavy atom. The molecule has 0 radical (unpaired) electrons. The lowest BCUT2D eigenvalue weighted by molar-refractivity contribution is -0.384. The van der Waals surface area contributed by atoms with E-state index in [-0.39, 0.29) is 17.6 Å². The van der Waals surface area contributed by atoms with E-state index in [0.717, 1.165) is 11.4 Å². The van der Waals surface area contributed by atoms with Gasteiger partial charge in [0.2, 0.25) is 5.91 Å². The molecule has 0 aliphatic heterocycles. The molecule has 24 heavy (non-hydrogen) atoms. The fourth-order valence-corrected chi connectivity index (χ4v) is 2.43. The van der Waals surface area contributed by atoms with Crippen molar-refractivity contribution < 1.29 is 9.72 Å². The van der Waals surface area contributed by atoms with Gasteiger partial charge < -0.3 is 5.32 Å². The van der Waals surface area contributed by atoms with Crippen molar-refractivity contribution in [1.29, 1.82) is 0 Å². The molecule has 0 fully saturated rings. The molecule has 1 aromatic heterocycles. The molecule has 0 bridgehead atoms. The third kappa shape index (κ3) is 3.87. The Balaban J connectivity index is 2.14. The number of nitrogens with one attached hydrogen (secondary N) is 1. The second kappa shape index (κ2) is 7.08. The summed E-state index contributed by atoms with van der Waals surface area (Å²) in [6.45, 7) is 7.78. The van der Waals surface area contributed by atoms with Crippen molar-refractivity contribution in [1.82, 2.24) is 9.78 Å². The maximum absolute atomic E-state index is 12.1. The lowest BCUT2D eigenvalue weighted by atomic mass is 10.2. The third-order valence-electron chi connectivity index (χ3n) is 3.57. The van der Waals surface area contributed by atoms with E-state index in [1.54, 1.807) is 18.2 Å². The van der Waals surface area contributed by atoms with Crippen LogP contribution in [0.3, 0.4) is 0 Å². The molecule has 0 atom stereocenters. The van der Waals surface area contributed by atoms with Crippen molar-refractivity contribution in [3.63, 3.8) is 0 Å². The van der Waals surface area contributed by atoms with Crippen LogP contribution in [-0.4, -0.2) is 20.6 Å². The number of benzene rings is 1. The minimum absolute atomic E-state index is 0.0116. The summed E-state index contributed by atoms with van der Waals surface area (Å²) in [7, 11) is 0. The highest BCUT2D eigenvalue weighted by molar-refractivity contribution is 6.02. The number of nitro groups is 1. The molecule has 7 heteroatoms. The predicted octanol–water partition coefficient (Wildman–Crippen LogP) is 3.64. The van der Waals surface area contributed by atoms with Gasteiger partial charge in [0.05, 0.1) is 22.0 Å². The number of anilines is 1. The van der Waals surface area contributed by atoms with Gasteiger partial charge in [-0.2, -0.15) is 5.10 Å². The predicted molar refractivity (Wildman–Crippen MR) is 92.8 cm³/mol. The van der Waals surface area contributed by atoms with E-state index < -0.39 is 4.92 Å². The van der Waals surface area contributed by atoms with Gasteiger partial charge >= 0.3 is 0 Å². The van der Waals surface area contributed by atoms with E-state index in [4.69, 9.17) is 0 Å². The maximum atomic E-state index is 12.1. The molecule has 2 aromatic rings. The minimum atomic E-state index is -0.468. The van der Waals surface area contributed by atoms with Crippen molar-refractivity contribution >= 4 is 23.4 Å². The third-order valence-corrected chi connectivity index (χ3v) is 3.57. The van der Waals surface area contributed by atoms with Crippen LogP contribution in [0.5, 0.6) is 0 Å². The number of carbonyl (C=O) groups is 1. The van der Waals surface area contributed by atoms with Gasteiger partial charge in [-0.15, -0.1) is 0 Å². The van der Waals surface area contributed by atoms with E-state index >= 15 is 0 Å². The zero-order chi connectivity index (χ0) is 17.9. The van der Waals surface area contributed by atoms with Crippen LogP contribution in [0, 0.1) is 24.0 Å². The number of aromatic nitrogens is 2. The molecule has 0 aliphatic carbocycles. The van der Waals surface area contributed by atoms with Gasteiger partial charge in [-0.25, -0.2) is 0 Å². The first-order valence-electron chi connectivity index (χ1n) is 7.59. The lowest BCUT2D eigenvalue weighted by Crippen LogP contribution is -2.10. The van der Waals surface area contributed by atoms with Gasteiger partial charge in [-0.3, -0.25) is 19.6 Å². The first-order chi connectivity index (χ1) is 11.3. The minimum Gasteiger partial charge on any atom is -0.319 e. The molecule has 1 aromatic carbocycles. The zero-order valence-electron chi connectivity index (χ0n) is 14.1. The molecular weight excluding hydrogens is 308 g/mol. The normalized spacial score (nSPS) is 11.2. The smallest absolute Gasteiger partial charge is 0.270 e. The molecule has 0 spiro atoms. The van der Waals surface area contributed by atoms with Crippen LogP contribution in [0.25, 0.3) is 6.08 Å². The van der Waals surface area contributed by atoms with Gasteiger partial charge in [0.15, 0.2) is 0 Å². The molecule has 1 N–H and O–H groups in total. The summed E-state index contributed by atoms with van der Waals surface area (Å²) in [4.78, 5) is 22.4. The monoisotopic (exact) mass is 328 g/mol. The summed E-state index contributed by atoms with van der Waals surface area (Å²) >= 11 is 0. The van der Waals surface area contributed by atoms with E-state index in [1.807, 2.05) is 32.4 Å². The van der Waals surface area contributed by atoms with E-state index in [9.17, 15) is 14.9 Å². The second-order valence-corrected chi connectivity index (χ2v) is 5.76. The summed E-state index contributed by atoms with van der Waals surface area (Å²) < 4.78 is 1.86. The Labute approximate surface area is 140 Å². The fourth-order valence-electron chi connectivity index (χ4n) is 2.43. The van der Waals surface area contributed by atoms with E-state index in [2.05, 4.69) is 10.4 Å². The molecule has 126 valence electrons. The topological polar surface area (TPSA) is 90.1 Å². The number of non-ortho nitro benzene ring substituents is 1. The van der Waals surface area contributed by atoms with Crippen molar-refractivity contribution in [2.75, 3.05) is 5.32 Å². The standard InChI is InChI=1S/C17H20N4O3/c1-11(2)20-13(4)17(12(3)19-20)18-16(22)9-8-14-6-5-7-15(10-14)21(23)24/h5-11H,1-4H3,(H,18,22)/b9-8-. The Kier molecular flexibility index (Phi) is 5.13. The van der Waals surface area contributed by atoms with Crippen LogP contribution in [0.4, 0.5) is 11.4 Å². The highest BCUT2D eigenvalue weighted by atomic mass is 16.6. The van der Waals surface area contributed by atoms with Gasteiger partial charge in [-0.1, -0.05) is 12.1 Å². The molecule has 0 unspecified atom stereocenters. The van der Waals surface area contributed by atoms with Crippen LogP contribution < -0.4 is 5.32 Å². The Bertz CT molecular complexity index is 806. The highest BCUT2D eigenvalue weighted by Gasteiger charge is 2.14. The number of nitrogens with zero attached hydrogens (tertiary/aromatic N) is 3. The van der Waals surface area contributed by atoms with Gasteiger partial charge in [0.25, 0.3) is 5.69 Å². The maximum Gasteiger partial charge on any atom is 0.270 e. The van der Waals surface area contributed by atoms with Crippen molar-refractivity contribution in [3.05, 3.63) is 57.4 Å². The van der Waals surface area contributed by atoms with Crippen molar-refractivity contribution in [2.24, 2.45) is 0 Å². The number of hydrogen-bond donors (Lipinski definition) is 1. The number of nitro benzene ring substituents is 1. The molecule has 0 saturated heterocycles. The van der Waals surface area contributed by atoms with Crippen LogP contribution in [-0.2, 0) is 4.79 Å². The molecule has 2 rings (SSSR count). The Morgan fingerprint density at radius 2 is 2.08 bits per heavy atom. The number of carbonyl (C=O) groups excluding carboxylic acids is 1. The summed E-state index contributed by atoms with van der Waals surface area (Å²) in [5, 5.41) is 18.0. The van der Waals surface area contributed by atoms with Gasteiger partial charge in [0, 0.05) is 24.3 Å². The van der Waals surface area contributed by atoms with E-state index in [1.165, 1.54) is 18.2 Å². The molecular formula is C17H20N4O3. The molecule has 0 aliphatic rings. The Morgan fingerprint density at radius 1 is 1.38 bits per heavy atom. The highest BCUT2D eigenvalue weighted by Crippen LogP contribution is 2.22.